The maximum Gasteiger partial charge on any atom is 0.270 e. The lowest BCUT2D eigenvalue weighted by atomic mass is 9.86. The fourth-order valence-electron chi connectivity index (χ4n) is 2.39. The van der Waals surface area contributed by atoms with Crippen LogP contribution in [0.15, 0.2) is 18.2 Å². The number of hydrogen-bond acceptors (Lipinski definition) is 3. The lowest BCUT2D eigenvalue weighted by molar-refractivity contribution is -0.132. The topological polar surface area (TPSA) is 55.6 Å². The van der Waals surface area contributed by atoms with Gasteiger partial charge in [0.15, 0.2) is 5.60 Å². The predicted molar refractivity (Wildman–Crippen MR) is 81.3 cm³/mol. The molecule has 20 heavy (non-hydrogen) atoms. The molecule has 0 fully saturated rings. The largest absolute Gasteiger partial charge is 0.476 e. The van der Waals surface area contributed by atoms with Crippen LogP contribution in [0.5, 0.6) is 5.75 Å². The van der Waals surface area contributed by atoms with E-state index in [0.717, 1.165) is 11.4 Å². The molecule has 0 radical (unpaired) electrons. The van der Waals surface area contributed by atoms with E-state index in [1.54, 1.807) is 18.7 Å². The van der Waals surface area contributed by atoms with E-state index >= 15 is 0 Å². The molecule has 1 aliphatic heterocycles. The summed E-state index contributed by atoms with van der Waals surface area (Å²) in [6.45, 7) is 11.0. The van der Waals surface area contributed by atoms with E-state index < -0.39 is 5.60 Å². The van der Waals surface area contributed by atoms with Crippen molar-refractivity contribution in [1.29, 1.82) is 0 Å². The third kappa shape index (κ3) is 2.52. The summed E-state index contributed by atoms with van der Waals surface area (Å²) in [5, 5.41) is 0. The molecule has 0 aromatic heterocycles. The Hall–Kier alpha value is -1.55. The van der Waals surface area contributed by atoms with Crippen molar-refractivity contribution in [1.82, 2.24) is 0 Å². The number of carbonyl (C=O) groups is 1. The summed E-state index contributed by atoms with van der Waals surface area (Å²) in [5.74, 6) is 0.706. The van der Waals surface area contributed by atoms with E-state index in [9.17, 15) is 4.79 Å². The van der Waals surface area contributed by atoms with E-state index in [1.807, 2.05) is 12.1 Å². The first-order valence-corrected chi connectivity index (χ1v) is 7.02. The van der Waals surface area contributed by atoms with Crippen molar-refractivity contribution in [3.05, 3.63) is 23.8 Å². The van der Waals surface area contributed by atoms with Gasteiger partial charge in [0.05, 0.1) is 5.69 Å². The number of fused-ring (bicyclic) bond motifs is 1. The molecule has 0 atom stereocenters. The molecule has 0 aliphatic carbocycles. The molecule has 1 aromatic rings. The lowest BCUT2D eigenvalue weighted by Crippen LogP contribution is -2.53. The van der Waals surface area contributed by atoms with Crippen molar-refractivity contribution in [2.24, 2.45) is 5.73 Å². The zero-order valence-corrected chi connectivity index (χ0v) is 13.0. The molecular formula is C16H24N2O2. The lowest BCUT2D eigenvalue weighted by Gasteiger charge is -2.39. The van der Waals surface area contributed by atoms with E-state index in [4.69, 9.17) is 10.5 Å². The van der Waals surface area contributed by atoms with Crippen molar-refractivity contribution in [3.63, 3.8) is 0 Å². The number of amides is 1. The molecule has 2 rings (SSSR count). The van der Waals surface area contributed by atoms with E-state index in [2.05, 4.69) is 26.8 Å². The van der Waals surface area contributed by atoms with Gasteiger partial charge in [-0.3, -0.25) is 4.79 Å². The molecule has 4 heteroatoms. The molecule has 1 aromatic carbocycles. The highest BCUT2D eigenvalue weighted by Gasteiger charge is 2.40. The average molecular weight is 276 g/mol. The normalized spacial score (nSPS) is 17.7. The van der Waals surface area contributed by atoms with Crippen LogP contribution in [-0.2, 0) is 10.2 Å². The Kier molecular flexibility index (Phi) is 3.54. The number of carbonyl (C=O) groups excluding carboxylic acids is 1. The second kappa shape index (κ2) is 4.77. The summed E-state index contributed by atoms with van der Waals surface area (Å²) in [5.41, 5.74) is 6.84. The van der Waals surface area contributed by atoms with Gasteiger partial charge in [-0.15, -0.1) is 0 Å². The van der Waals surface area contributed by atoms with Crippen molar-refractivity contribution >= 4 is 11.6 Å². The van der Waals surface area contributed by atoms with Gasteiger partial charge in [0.2, 0.25) is 0 Å². The first-order chi connectivity index (χ1) is 9.16. The van der Waals surface area contributed by atoms with E-state index in [-0.39, 0.29) is 11.3 Å². The second-order valence-corrected chi connectivity index (χ2v) is 6.79. The molecule has 2 N–H and O–H groups in total. The summed E-state index contributed by atoms with van der Waals surface area (Å²) in [6, 6.07) is 6.05. The number of nitrogens with two attached hydrogens (primary N) is 1. The molecule has 110 valence electrons. The molecule has 0 unspecified atom stereocenters. The van der Waals surface area contributed by atoms with E-state index in [0.29, 0.717) is 13.1 Å². The van der Waals surface area contributed by atoms with Crippen molar-refractivity contribution in [2.75, 3.05) is 18.0 Å². The maximum absolute atomic E-state index is 12.5. The van der Waals surface area contributed by atoms with Gasteiger partial charge in [-0.1, -0.05) is 26.8 Å². The standard InChI is InChI=1S/C16H24N2O2/c1-15(2,3)11-6-7-13-12(10-11)18(9-8-17)14(19)16(4,5)20-13/h6-7,10H,8-9,17H2,1-5H3. The molecule has 0 saturated carbocycles. The maximum atomic E-state index is 12.5. The Morgan fingerprint density at radius 2 is 1.95 bits per heavy atom. The summed E-state index contributed by atoms with van der Waals surface area (Å²) >= 11 is 0. The van der Waals surface area contributed by atoms with Crippen LogP contribution in [0.2, 0.25) is 0 Å². The Morgan fingerprint density at radius 3 is 2.50 bits per heavy atom. The Labute approximate surface area is 120 Å². The van der Waals surface area contributed by atoms with Crippen molar-refractivity contribution < 1.29 is 9.53 Å². The fourth-order valence-corrected chi connectivity index (χ4v) is 2.39. The van der Waals surface area contributed by atoms with Crippen LogP contribution in [0, 0.1) is 0 Å². The van der Waals surface area contributed by atoms with E-state index in [1.165, 1.54) is 5.56 Å². The fraction of sp³-hybridized carbons (Fsp3) is 0.562. The first kappa shape index (κ1) is 14.9. The number of ether oxygens (including phenoxy) is 1. The summed E-state index contributed by atoms with van der Waals surface area (Å²) < 4.78 is 5.84. The van der Waals surface area contributed by atoms with Crippen LogP contribution in [0.1, 0.15) is 40.2 Å². The van der Waals surface area contributed by atoms with Gasteiger partial charge < -0.3 is 15.4 Å². The molecule has 0 saturated heterocycles. The van der Waals surface area contributed by atoms with Gasteiger partial charge in [-0.05, 0) is 37.0 Å². The van der Waals surface area contributed by atoms with Crippen molar-refractivity contribution in [2.45, 2.75) is 45.6 Å². The molecular weight excluding hydrogens is 252 g/mol. The van der Waals surface area contributed by atoms with Crippen LogP contribution in [0.4, 0.5) is 5.69 Å². The zero-order valence-electron chi connectivity index (χ0n) is 13.0. The minimum absolute atomic E-state index is 0.0272. The number of anilines is 1. The predicted octanol–water partition coefficient (Wildman–Crippen LogP) is 2.45. The van der Waals surface area contributed by atoms with Gasteiger partial charge in [-0.2, -0.15) is 0 Å². The summed E-state index contributed by atoms with van der Waals surface area (Å²) in [4.78, 5) is 14.3. The molecule has 4 nitrogen and oxygen atoms in total. The highest BCUT2D eigenvalue weighted by molar-refractivity contribution is 6.02. The smallest absolute Gasteiger partial charge is 0.270 e. The molecule has 1 heterocycles. The van der Waals surface area contributed by atoms with Gasteiger partial charge in [0.25, 0.3) is 5.91 Å². The van der Waals surface area contributed by atoms with Gasteiger partial charge in [0.1, 0.15) is 5.75 Å². The van der Waals surface area contributed by atoms with Crippen LogP contribution in [0.25, 0.3) is 0 Å². The van der Waals surface area contributed by atoms with Crippen molar-refractivity contribution in [3.8, 4) is 5.75 Å². The van der Waals surface area contributed by atoms with Gasteiger partial charge in [0, 0.05) is 13.1 Å². The van der Waals surface area contributed by atoms with Crippen LogP contribution >= 0.6 is 0 Å². The highest BCUT2D eigenvalue weighted by atomic mass is 16.5. The zero-order chi connectivity index (χ0) is 15.1. The third-order valence-electron chi connectivity index (χ3n) is 3.59. The number of rotatable bonds is 2. The quantitative estimate of drug-likeness (QED) is 0.902. The van der Waals surface area contributed by atoms with Crippen LogP contribution in [-0.4, -0.2) is 24.6 Å². The molecule has 1 amide bonds. The Morgan fingerprint density at radius 1 is 1.30 bits per heavy atom. The third-order valence-corrected chi connectivity index (χ3v) is 3.59. The molecule has 1 aliphatic rings. The molecule has 0 bridgehead atoms. The summed E-state index contributed by atoms with van der Waals surface area (Å²) in [6.07, 6.45) is 0. The minimum atomic E-state index is -0.842. The monoisotopic (exact) mass is 276 g/mol. The summed E-state index contributed by atoms with van der Waals surface area (Å²) in [7, 11) is 0. The van der Waals surface area contributed by atoms with Crippen LogP contribution < -0.4 is 15.4 Å². The number of benzene rings is 1. The molecule has 0 spiro atoms. The van der Waals surface area contributed by atoms with Gasteiger partial charge >= 0.3 is 0 Å². The number of hydrogen-bond donors (Lipinski definition) is 1. The minimum Gasteiger partial charge on any atom is -0.476 e. The average Bonchev–Trinajstić information content (AvgIpc) is 2.33. The van der Waals surface area contributed by atoms with Gasteiger partial charge in [-0.25, -0.2) is 0 Å². The number of nitrogens with zero attached hydrogens (tertiary/aromatic N) is 1. The first-order valence-electron chi connectivity index (χ1n) is 7.02. The van der Waals surface area contributed by atoms with Crippen LogP contribution in [0.3, 0.4) is 0 Å². The highest BCUT2D eigenvalue weighted by Crippen LogP contribution is 2.40. The Balaban J connectivity index is 2.54. The second-order valence-electron chi connectivity index (χ2n) is 6.79. The Bertz CT molecular complexity index is 530. The SMILES string of the molecule is CC1(C)Oc2ccc(C(C)(C)C)cc2N(CCN)C1=O.